The highest BCUT2D eigenvalue weighted by Crippen LogP contribution is 2.14. The van der Waals surface area contributed by atoms with Gasteiger partial charge in [0.1, 0.15) is 0 Å². The summed E-state index contributed by atoms with van der Waals surface area (Å²) in [5, 5.41) is 11.2. The van der Waals surface area contributed by atoms with Gasteiger partial charge < -0.3 is 10.6 Å². The quantitative estimate of drug-likeness (QED) is 0.403. The molecule has 0 amide bonds. The van der Waals surface area contributed by atoms with Crippen LogP contribution in [-0.4, -0.2) is 43.3 Å². The van der Waals surface area contributed by atoms with Crippen LogP contribution < -0.4 is 15.4 Å². The van der Waals surface area contributed by atoms with Crippen molar-refractivity contribution >= 4 is 16.0 Å². The standard InChI is InChI=1S/C22H36N6O2S/c1-15(2)27-31(29,30)14-20-10-8-19(9-11-20)13-24-22(23-6)25-16(3)12-21-17(4)26-28(7)18(21)5/h8-11,15-16,27H,12-14H2,1-7H3,(H2,23,24,25). The van der Waals surface area contributed by atoms with Crippen molar-refractivity contribution in [1.82, 2.24) is 25.1 Å². The van der Waals surface area contributed by atoms with E-state index in [1.165, 1.54) is 11.3 Å². The molecule has 2 aromatic rings. The molecule has 0 radical (unpaired) electrons. The highest BCUT2D eigenvalue weighted by atomic mass is 32.2. The molecule has 0 aliphatic carbocycles. The fraction of sp³-hybridized carbons (Fsp3) is 0.545. The molecule has 0 bridgehead atoms. The monoisotopic (exact) mass is 448 g/mol. The molecule has 0 fully saturated rings. The number of nitrogens with zero attached hydrogens (tertiary/aromatic N) is 3. The van der Waals surface area contributed by atoms with E-state index in [0.717, 1.165) is 29.2 Å². The molecule has 0 spiro atoms. The van der Waals surface area contributed by atoms with Crippen LogP contribution in [-0.2, 0) is 35.8 Å². The largest absolute Gasteiger partial charge is 0.354 e. The molecule has 2 rings (SSSR count). The first-order valence-corrected chi connectivity index (χ1v) is 12.2. The van der Waals surface area contributed by atoms with Gasteiger partial charge >= 0.3 is 0 Å². The number of guanidine groups is 1. The lowest BCUT2D eigenvalue weighted by Crippen LogP contribution is -2.42. The van der Waals surface area contributed by atoms with Gasteiger partial charge in [-0.25, -0.2) is 13.1 Å². The second kappa shape index (κ2) is 10.8. The minimum absolute atomic E-state index is 0.0210. The van der Waals surface area contributed by atoms with Crippen molar-refractivity contribution in [3.05, 3.63) is 52.3 Å². The van der Waals surface area contributed by atoms with Gasteiger partial charge in [0.25, 0.3) is 0 Å². The molecule has 172 valence electrons. The van der Waals surface area contributed by atoms with Crippen LogP contribution in [0.15, 0.2) is 29.3 Å². The second-order valence-corrected chi connectivity index (χ2v) is 10.1. The molecule has 1 aromatic heterocycles. The fourth-order valence-electron chi connectivity index (χ4n) is 3.46. The maximum absolute atomic E-state index is 12.1. The highest BCUT2D eigenvalue weighted by molar-refractivity contribution is 7.88. The molecule has 0 saturated heterocycles. The number of hydrogen-bond donors (Lipinski definition) is 3. The smallest absolute Gasteiger partial charge is 0.216 e. The van der Waals surface area contributed by atoms with Crippen LogP contribution in [0.3, 0.4) is 0 Å². The third kappa shape index (κ3) is 7.66. The average molecular weight is 449 g/mol. The molecular formula is C22H36N6O2S. The zero-order valence-electron chi connectivity index (χ0n) is 19.7. The van der Waals surface area contributed by atoms with Crippen LogP contribution in [0, 0.1) is 13.8 Å². The van der Waals surface area contributed by atoms with Crippen molar-refractivity contribution in [2.24, 2.45) is 12.0 Å². The first kappa shape index (κ1) is 24.9. The Labute approximate surface area is 186 Å². The molecule has 1 atom stereocenters. The lowest BCUT2D eigenvalue weighted by molar-refractivity contribution is 0.569. The third-order valence-electron chi connectivity index (χ3n) is 5.03. The Bertz CT molecular complexity index is 994. The number of rotatable bonds is 9. The summed E-state index contributed by atoms with van der Waals surface area (Å²) in [4.78, 5) is 4.31. The molecule has 3 N–H and O–H groups in total. The number of sulfonamides is 1. The molecule has 0 aliphatic rings. The number of aliphatic imine (C=N–C) groups is 1. The summed E-state index contributed by atoms with van der Waals surface area (Å²) in [6, 6.07) is 7.65. The van der Waals surface area contributed by atoms with Crippen LogP contribution in [0.4, 0.5) is 0 Å². The van der Waals surface area contributed by atoms with Crippen LogP contribution in [0.1, 0.15) is 48.8 Å². The third-order valence-corrected chi connectivity index (χ3v) is 6.57. The summed E-state index contributed by atoms with van der Waals surface area (Å²) < 4.78 is 28.7. The van der Waals surface area contributed by atoms with Gasteiger partial charge in [-0.3, -0.25) is 9.67 Å². The minimum atomic E-state index is -3.32. The van der Waals surface area contributed by atoms with Gasteiger partial charge in [-0.15, -0.1) is 0 Å². The van der Waals surface area contributed by atoms with E-state index in [-0.39, 0.29) is 17.8 Å². The van der Waals surface area contributed by atoms with Gasteiger partial charge in [0.2, 0.25) is 10.0 Å². The topological polar surface area (TPSA) is 100 Å². The van der Waals surface area contributed by atoms with E-state index in [1.54, 1.807) is 7.05 Å². The molecule has 1 unspecified atom stereocenters. The zero-order chi connectivity index (χ0) is 23.2. The first-order valence-electron chi connectivity index (χ1n) is 10.5. The molecular weight excluding hydrogens is 412 g/mol. The van der Waals surface area contributed by atoms with Crippen molar-refractivity contribution in [2.45, 2.75) is 65.4 Å². The summed E-state index contributed by atoms with van der Waals surface area (Å²) in [7, 11) is 0.391. The van der Waals surface area contributed by atoms with Gasteiger partial charge in [-0.2, -0.15) is 5.10 Å². The van der Waals surface area contributed by atoms with Gasteiger partial charge in [0.05, 0.1) is 11.4 Å². The van der Waals surface area contributed by atoms with Gasteiger partial charge in [-0.1, -0.05) is 24.3 Å². The SMILES string of the molecule is CN=C(NCc1ccc(CS(=O)(=O)NC(C)C)cc1)NC(C)Cc1c(C)nn(C)c1C. The fourth-order valence-corrected chi connectivity index (χ4v) is 4.89. The normalized spacial score (nSPS) is 13.5. The van der Waals surface area contributed by atoms with Crippen LogP contribution in [0.5, 0.6) is 0 Å². The van der Waals surface area contributed by atoms with E-state index >= 15 is 0 Å². The van der Waals surface area contributed by atoms with Gasteiger partial charge in [0.15, 0.2) is 5.96 Å². The van der Waals surface area contributed by atoms with Crippen molar-refractivity contribution in [2.75, 3.05) is 7.05 Å². The van der Waals surface area contributed by atoms with Crippen molar-refractivity contribution in [3.63, 3.8) is 0 Å². The van der Waals surface area contributed by atoms with E-state index < -0.39 is 10.0 Å². The highest BCUT2D eigenvalue weighted by Gasteiger charge is 2.15. The number of aromatic nitrogens is 2. The van der Waals surface area contributed by atoms with Crippen LogP contribution >= 0.6 is 0 Å². The molecule has 1 heterocycles. The average Bonchev–Trinajstić information content (AvgIpc) is 2.91. The summed E-state index contributed by atoms with van der Waals surface area (Å²) >= 11 is 0. The van der Waals surface area contributed by atoms with Crippen molar-refractivity contribution in [1.29, 1.82) is 0 Å². The summed E-state index contributed by atoms with van der Waals surface area (Å²) in [6.45, 7) is 10.5. The zero-order valence-corrected chi connectivity index (χ0v) is 20.5. The van der Waals surface area contributed by atoms with Gasteiger partial charge in [0, 0.05) is 38.4 Å². The van der Waals surface area contributed by atoms with Gasteiger partial charge in [-0.05, 0) is 57.7 Å². The van der Waals surface area contributed by atoms with Crippen LogP contribution in [0.2, 0.25) is 0 Å². The Hall–Kier alpha value is -2.39. The Morgan fingerprint density at radius 1 is 1.13 bits per heavy atom. The summed E-state index contributed by atoms with van der Waals surface area (Å²) in [5.74, 6) is 0.701. The summed E-state index contributed by atoms with van der Waals surface area (Å²) in [5.41, 5.74) is 5.31. The van der Waals surface area contributed by atoms with E-state index in [4.69, 9.17) is 0 Å². The Kier molecular flexibility index (Phi) is 8.64. The molecule has 31 heavy (non-hydrogen) atoms. The maximum atomic E-state index is 12.1. The molecule has 8 nitrogen and oxygen atoms in total. The minimum Gasteiger partial charge on any atom is -0.354 e. The number of benzene rings is 1. The van der Waals surface area contributed by atoms with Crippen LogP contribution in [0.25, 0.3) is 0 Å². The van der Waals surface area contributed by atoms with Crippen molar-refractivity contribution < 1.29 is 8.42 Å². The van der Waals surface area contributed by atoms with E-state index in [9.17, 15) is 8.42 Å². The Morgan fingerprint density at radius 2 is 1.74 bits per heavy atom. The molecule has 0 saturated carbocycles. The van der Waals surface area contributed by atoms with E-state index in [2.05, 4.69) is 39.3 Å². The predicted octanol–water partition coefficient (Wildman–Crippen LogP) is 2.16. The van der Waals surface area contributed by atoms with Crippen molar-refractivity contribution in [3.8, 4) is 0 Å². The lowest BCUT2D eigenvalue weighted by atomic mass is 10.1. The molecule has 1 aromatic carbocycles. The molecule has 9 heteroatoms. The second-order valence-electron chi connectivity index (χ2n) is 8.30. The Morgan fingerprint density at radius 3 is 2.26 bits per heavy atom. The number of nitrogens with one attached hydrogen (secondary N) is 3. The molecule has 0 aliphatic heterocycles. The summed E-state index contributed by atoms with van der Waals surface area (Å²) in [6.07, 6.45) is 0.861. The van der Waals surface area contributed by atoms with E-state index in [1.807, 2.05) is 56.8 Å². The Balaban J connectivity index is 1.89. The predicted molar refractivity (Wildman–Crippen MR) is 127 cm³/mol. The first-order chi connectivity index (χ1) is 14.5. The lowest BCUT2D eigenvalue weighted by Gasteiger charge is -2.18. The maximum Gasteiger partial charge on any atom is 0.216 e. The van der Waals surface area contributed by atoms with E-state index in [0.29, 0.717) is 6.54 Å². The number of aryl methyl sites for hydroxylation is 2. The number of hydrogen-bond acceptors (Lipinski definition) is 4.